The van der Waals surface area contributed by atoms with E-state index in [1.807, 2.05) is 6.07 Å². The number of nitrogens with two attached hydrogens (primary N) is 1. The summed E-state index contributed by atoms with van der Waals surface area (Å²) >= 11 is 0. The third-order valence-electron chi connectivity index (χ3n) is 8.39. The molecule has 1 aromatic heterocycles. The predicted molar refractivity (Wildman–Crippen MR) is 143 cm³/mol. The molecule has 2 saturated carbocycles. The van der Waals surface area contributed by atoms with Crippen molar-refractivity contribution < 1.29 is 34.2 Å². The number of aliphatic hydroxyl groups is 1. The molecule has 0 radical (unpaired) electrons. The number of carbonyl (C=O) groups is 5. The van der Waals surface area contributed by atoms with Gasteiger partial charge in [-0.1, -0.05) is 26.8 Å². The van der Waals surface area contributed by atoms with Gasteiger partial charge in [0, 0.05) is 42.8 Å². The number of hydrogen-bond donors (Lipinski definition) is 4. The fourth-order valence-electron chi connectivity index (χ4n) is 6.55. The molecule has 0 saturated heterocycles. The molecule has 210 valence electrons. The van der Waals surface area contributed by atoms with Crippen molar-refractivity contribution in [3.05, 3.63) is 47.2 Å². The second kappa shape index (κ2) is 9.71. The van der Waals surface area contributed by atoms with Crippen molar-refractivity contribution in [2.45, 2.75) is 52.2 Å². The van der Waals surface area contributed by atoms with Crippen LogP contribution in [0.3, 0.4) is 0 Å². The number of nitrogens with one attached hydrogen (secondary N) is 1. The Bertz CT molecular complexity index is 1450. The predicted octanol–water partition coefficient (Wildman–Crippen LogP) is 1.52. The number of aromatic hydroxyl groups is 1. The zero-order valence-corrected chi connectivity index (χ0v) is 22.7. The Labute approximate surface area is 231 Å². The zero-order chi connectivity index (χ0) is 29.1. The van der Waals surface area contributed by atoms with E-state index in [1.165, 1.54) is 0 Å². The number of amides is 1. The minimum absolute atomic E-state index is 0.0295. The van der Waals surface area contributed by atoms with Gasteiger partial charge in [-0.25, -0.2) is 0 Å². The number of Topliss-reactive ketones (excluding diaryl/α,β-unsaturated/α-hetero) is 4. The van der Waals surface area contributed by atoms with Crippen LogP contribution in [0.25, 0.3) is 11.3 Å². The number of fused-ring (bicyclic) bond motifs is 3. The van der Waals surface area contributed by atoms with Crippen molar-refractivity contribution in [2.75, 3.05) is 6.54 Å². The number of ketones is 4. The smallest absolute Gasteiger partial charge is 0.235 e. The van der Waals surface area contributed by atoms with Gasteiger partial charge in [0.25, 0.3) is 0 Å². The molecule has 0 bridgehead atoms. The number of aromatic nitrogens is 1. The molecule has 1 amide bonds. The molecule has 5 atom stereocenters. The summed E-state index contributed by atoms with van der Waals surface area (Å²) in [5, 5.41) is 26.1. The van der Waals surface area contributed by atoms with Crippen LogP contribution in [-0.4, -0.2) is 56.4 Å². The summed E-state index contributed by atoms with van der Waals surface area (Å²) in [5.74, 6) is -10.3. The molecule has 5 N–H and O–H groups in total. The van der Waals surface area contributed by atoms with Crippen LogP contribution in [0.4, 0.5) is 0 Å². The van der Waals surface area contributed by atoms with Crippen LogP contribution in [0.1, 0.15) is 55.1 Å². The lowest BCUT2D eigenvalue weighted by Crippen LogP contribution is -2.68. The molecular weight excluding hydrogens is 514 g/mol. The molecule has 3 aliphatic carbocycles. The first-order valence-electron chi connectivity index (χ1n) is 13.4. The first-order valence-corrected chi connectivity index (χ1v) is 13.4. The van der Waals surface area contributed by atoms with Gasteiger partial charge in [-0.3, -0.25) is 29.0 Å². The van der Waals surface area contributed by atoms with Crippen LogP contribution in [0.2, 0.25) is 0 Å². The van der Waals surface area contributed by atoms with Crippen LogP contribution < -0.4 is 11.1 Å². The summed E-state index contributed by atoms with van der Waals surface area (Å²) < 4.78 is 0. The van der Waals surface area contributed by atoms with Crippen LogP contribution in [0.5, 0.6) is 5.75 Å². The van der Waals surface area contributed by atoms with E-state index < -0.39 is 58.3 Å². The molecule has 0 spiro atoms. The maximum atomic E-state index is 14.1. The van der Waals surface area contributed by atoms with Gasteiger partial charge in [0.15, 0.2) is 34.7 Å². The number of rotatable bonds is 5. The van der Waals surface area contributed by atoms with Gasteiger partial charge >= 0.3 is 0 Å². The van der Waals surface area contributed by atoms with Crippen LogP contribution >= 0.6 is 0 Å². The van der Waals surface area contributed by atoms with Crippen molar-refractivity contribution in [3.8, 4) is 17.0 Å². The summed E-state index contributed by atoms with van der Waals surface area (Å²) in [4.78, 5) is 69.9. The second-order valence-corrected chi connectivity index (χ2v) is 12.4. The highest BCUT2D eigenvalue weighted by Gasteiger charge is 2.66. The Morgan fingerprint density at radius 3 is 2.50 bits per heavy atom. The highest BCUT2D eigenvalue weighted by Crippen LogP contribution is 2.51. The third kappa shape index (κ3) is 4.35. The lowest BCUT2D eigenvalue weighted by Gasteiger charge is -2.48. The van der Waals surface area contributed by atoms with E-state index in [-0.39, 0.29) is 42.5 Å². The number of phenols is 1. The molecule has 5 rings (SSSR count). The summed E-state index contributed by atoms with van der Waals surface area (Å²) in [6.07, 6.45) is 1.49. The molecule has 2 fully saturated rings. The number of phenolic OH excluding ortho intramolecular Hbond substituents is 1. The minimum atomic E-state index is -2.67. The highest BCUT2D eigenvalue weighted by atomic mass is 16.3. The number of carbonyl (C=O) groups excluding carboxylic acids is 5. The minimum Gasteiger partial charge on any atom is -0.507 e. The van der Waals surface area contributed by atoms with Crippen molar-refractivity contribution in [3.63, 3.8) is 0 Å². The molecule has 2 aromatic rings. The van der Waals surface area contributed by atoms with E-state index in [0.717, 1.165) is 0 Å². The molecule has 2 unspecified atom stereocenters. The summed E-state index contributed by atoms with van der Waals surface area (Å²) in [7, 11) is 0. The van der Waals surface area contributed by atoms with Crippen molar-refractivity contribution >= 4 is 29.0 Å². The Hall–Kier alpha value is -3.76. The SMILES string of the molecule is CC(C)(C)CNCc1cc(-c2ccccn2)c2c(c1O)C(=O)C1C(=O)[C@]3(O)C(=O)C(C(N)=O)C(=O)C[C@@H]3C[C@@H]1C2. The zero-order valence-electron chi connectivity index (χ0n) is 22.7. The van der Waals surface area contributed by atoms with E-state index in [1.54, 1.807) is 24.4 Å². The van der Waals surface area contributed by atoms with Gasteiger partial charge in [-0.15, -0.1) is 0 Å². The molecule has 10 heteroatoms. The van der Waals surface area contributed by atoms with Gasteiger partial charge in [0.1, 0.15) is 5.75 Å². The maximum absolute atomic E-state index is 14.1. The van der Waals surface area contributed by atoms with Crippen LogP contribution in [0.15, 0.2) is 30.5 Å². The van der Waals surface area contributed by atoms with Crippen LogP contribution in [-0.2, 0) is 32.1 Å². The second-order valence-electron chi connectivity index (χ2n) is 12.4. The van der Waals surface area contributed by atoms with E-state index in [0.29, 0.717) is 28.9 Å². The molecule has 1 heterocycles. The van der Waals surface area contributed by atoms with Gasteiger partial charge in [0.2, 0.25) is 5.91 Å². The number of benzene rings is 1. The standard InChI is InChI=1S/C30H33N3O7/c1-29(2,3)13-32-12-15-10-17(19-6-4-5-7-33-19)18-9-14-8-16-11-20(34)23(28(31)39)27(38)30(16,40)26(37)21(14)25(36)22(18)24(15)35/h4-7,10,14,16,21,23,32,35,40H,8-9,11-13H2,1-3H3,(H2,31,39)/t14-,16+,21?,23?,30+/m1/s1. The topological polar surface area (TPSA) is 177 Å². The highest BCUT2D eigenvalue weighted by molar-refractivity contribution is 6.31. The number of pyridine rings is 1. The van der Waals surface area contributed by atoms with E-state index >= 15 is 0 Å². The van der Waals surface area contributed by atoms with E-state index in [9.17, 15) is 34.2 Å². The number of nitrogens with zero attached hydrogens (tertiary/aromatic N) is 1. The molecular formula is C30H33N3O7. The molecule has 0 aliphatic heterocycles. The monoisotopic (exact) mass is 547 g/mol. The number of primary amides is 1. The van der Waals surface area contributed by atoms with E-state index in [2.05, 4.69) is 31.1 Å². The van der Waals surface area contributed by atoms with E-state index in [4.69, 9.17) is 5.73 Å². The largest absolute Gasteiger partial charge is 0.507 e. The average molecular weight is 548 g/mol. The average Bonchev–Trinajstić information content (AvgIpc) is 2.87. The normalized spacial score (nSPS) is 28.1. The van der Waals surface area contributed by atoms with Crippen LogP contribution in [0, 0.1) is 29.1 Å². The lowest BCUT2D eigenvalue weighted by atomic mass is 9.53. The van der Waals surface area contributed by atoms with Gasteiger partial charge in [-0.2, -0.15) is 0 Å². The lowest BCUT2D eigenvalue weighted by molar-refractivity contribution is -0.175. The third-order valence-corrected chi connectivity index (χ3v) is 8.39. The molecule has 1 aromatic carbocycles. The quantitative estimate of drug-likeness (QED) is 0.404. The fraction of sp³-hybridized carbons (Fsp3) is 0.467. The van der Waals surface area contributed by atoms with Crippen molar-refractivity contribution in [1.82, 2.24) is 10.3 Å². The Morgan fingerprint density at radius 1 is 1.15 bits per heavy atom. The molecule has 3 aliphatic rings. The first kappa shape index (κ1) is 27.8. The van der Waals surface area contributed by atoms with Crippen molar-refractivity contribution in [2.24, 2.45) is 34.8 Å². The summed E-state index contributed by atoms with van der Waals surface area (Å²) in [6, 6.07) is 7.17. The summed E-state index contributed by atoms with van der Waals surface area (Å²) in [5.41, 5.74) is 4.73. The Balaban J connectivity index is 1.61. The van der Waals surface area contributed by atoms with Gasteiger partial charge < -0.3 is 21.3 Å². The van der Waals surface area contributed by atoms with Gasteiger partial charge in [0.05, 0.1) is 17.2 Å². The van der Waals surface area contributed by atoms with Gasteiger partial charge in [-0.05, 0) is 47.9 Å². The molecule has 10 nitrogen and oxygen atoms in total. The summed E-state index contributed by atoms with van der Waals surface area (Å²) in [6.45, 7) is 7.07. The maximum Gasteiger partial charge on any atom is 0.235 e. The Kier molecular flexibility index (Phi) is 6.74. The first-order chi connectivity index (χ1) is 18.8. The Morgan fingerprint density at radius 2 is 1.88 bits per heavy atom. The van der Waals surface area contributed by atoms with Crippen molar-refractivity contribution in [1.29, 1.82) is 0 Å². The number of hydrogen-bond acceptors (Lipinski definition) is 9. The fourth-order valence-corrected chi connectivity index (χ4v) is 6.55. The molecule has 40 heavy (non-hydrogen) atoms.